The van der Waals surface area contributed by atoms with E-state index in [-0.39, 0.29) is 17.7 Å². The summed E-state index contributed by atoms with van der Waals surface area (Å²) >= 11 is 0. The molecule has 0 N–H and O–H groups in total. The fourth-order valence-electron chi connectivity index (χ4n) is 4.78. The first-order chi connectivity index (χ1) is 14.2. The minimum Gasteiger partial charge on any atom is -0.339 e. The number of benzene rings is 2. The third-order valence-electron chi connectivity index (χ3n) is 6.68. The predicted octanol–water partition coefficient (Wildman–Crippen LogP) is 4.08. The maximum absolute atomic E-state index is 13.0. The molecule has 1 saturated carbocycles. The van der Waals surface area contributed by atoms with Gasteiger partial charge in [-0.25, -0.2) is 0 Å². The molecular weight excluding hydrogens is 360 g/mol. The lowest BCUT2D eigenvalue weighted by Gasteiger charge is -2.32. The second kappa shape index (κ2) is 7.66. The largest absolute Gasteiger partial charge is 0.339 e. The fourth-order valence-corrected chi connectivity index (χ4v) is 4.78. The molecule has 0 bridgehead atoms. The lowest BCUT2D eigenvalue weighted by atomic mass is 9.90. The smallest absolute Gasteiger partial charge is 0.253 e. The van der Waals surface area contributed by atoms with E-state index in [2.05, 4.69) is 30.3 Å². The van der Waals surface area contributed by atoms with E-state index in [1.165, 1.54) is 5.56 Å². The molecule has 2 fully saturated rings. The molecule has 2 heterocycles. The average Bonchev–Trinajstić information content (AvgIpc) is 3.53. The third-order valence-corrected chi connectivity index (χ3v) is 6.68. The number of hydrogen-bond donors (Lipinski definition) is 0. The van der Waals surface area contributed by atoms with Gasteiger partial charge < -0.3 is 9.80 Å². The van der Waals surface area contributed by atoms with E-state index in [0.717, 1.165) is 75.0 Å². The Hall–Kier alpha value is -2.62. The van der Waals surface area contributed by atoms with Gasteiger partial charge in [-0.3, -0.25) is 9.59 Å². The van der Waals surface area contributed by atoms with Gasteiger partial charge in [0.1, 0.15) is 0 Å². The first-order valence-electron chi connectivity index (χ1n) is 11.0. The van der Waals surface area contributed by atoms with E-state index in [4.69, 9.17) is 0 Å². The Bertz CT molecular complexity index is 912. The zero-order valence-corrected chi connectivity index (χ0v) is 16.8. The monoisotopic (exact) mass is 388 g/mol. The van der Waals surface area contributed by atoms with E-state index < -0.39 is 0 Å². The summed E-state index contributed by atoms with van der Waals surface area (Å²) < 4.78 is 0. The van der Waals surface area contributed by atoms with Crippen LogP contribution in [0.3, 0.4) is 0 Å². The number of carbonyl (C=O) groups excluding carboxylic acids is 2. The fraction of sp³-hybridized carbons (Fsp3) is 0.440. The van der Waals surface area contributed by atoms with Crippen LogP contribution in [0.2, 0.25) is 0 Å². The molecule has 0 atom stereocenters. The minimum atomic E-state index is 0.137. The Morgan fingerprint density at radius 2 is 1.66 bits per heavy atom. The first-order valence-corrected chi connectivity index (χ1v) is 11.0. The molecule has 0 radical (unpaired) electrons. The molecule has 150 valence electrons. The summed E-state index contributed by atoms with van der Waals surface area (Å²) in [6.07, 6.45) is 6.15. The van der Waals surface area contributed by atoms with Crippen molar-refractivity contribution in [3.63, 3.8) is 0 Å². The molecule has 2 amide bonds. The van der Waals surface area contributed by atoms with Gasteiger partial charge >= 0.3 is 0 Å². The van der Waals surface area contributed by atoms with E-state index in [0.29, 0.717) is 5.92 Å². The van der Waals surface area contributed by atoms with Crippen LogP contribution in [0.1, 0.15) is 47.2 Å². The van der Waals surface area contributed by atoms with Crippen molar-refractivity contribution in [2.45, 2.75) is 38.5 Å². The Labute approximate surface area is 172 Å². The lowest BCUT2D eigenvalue weighted by Crippen LogP contribution is -2.39. The van der Waals surface area contributed by atoms with Crippen LogP contribution in [0.5, 0.6) is 0 Å². The number of rotatable bonds is 4. The molecular formula is C25H28N2O2. The number of hydrogen-bond acceptors (Lipinski definition) is 2. The van der Waals surface area contributed by atoms with E-state index in [9.17, 15) is 9.59 Å². The van der Waals surface area contributed by atoms with Crippen molar-refractivity contribution >= 4 is 17.5 Å². The summed E-state index contributed by atoms with van der Waals surface area (Å²) in [7, 11) is 0. The van der Waals surface area contributed by atoms with Crippen molar-refractivity contribution in [3.8, 4) is 0 Å². The van der Waals surface area contributed by atoms with Crippen molar-refractivity contribution in [2.75, 3.05) is 24.5 Å². The zero-order chi connectivity index (χ0) is 19.8. The van der Waals surface area contributed by atoms with Gasteiger partial charge in [0.25, 0.3) is 5.91 Å². The number of fused-ring (bicyclic) bond motifs is 1. The molecule has 2 aliphatic heterocycles. The summed E-state index contributed by atoms with van der Waals surface area (Å²) in [6, 6.07) is 16.6. The first kappa shape index (κ1) is 18.4. The molecule has 1 aliphatic carbocycles. The molecule has 0 aromatic heterocycles. The van der Waals surface area contributed by atoms with Gasteiger partial charge in [-0.1, -0.05) is 30.3 Å². The third kappa shape index (κ3) is 3.81. The number of amides is 2. The van der Waals surface area contributed by atoms with Crippen molar-refractivity contribution < 1.29 is 9.59 Å². The highest BCUT2D eigenvalue weighted by molar-refractivity contribution is 6.00. The van der Waals surface area contributed by atoms with Gasteiger partial charge in [0.15, 0.2) is 0 Å². The Balaban J connectivity index is 1.21. The van der Waals surface area contributed by atoms with Gasteiger partial charge in [0.05, 0.1) is 0 Å². The number of anilines is 1. The Morgan fingerprint density at radius 1 is 0.897 bits per heavy atom. The van der Waals surface area contributed by atoms with E-state index in [1.807, 2.05) is 28.0 Å². The summed E-state index contributed by atoms with van der Waals surface area (Å²) in [5.41, 5.74) is 4.32. The van der Waals surface area contributed by atoms with Crippen LogP contribution in [-0.2, 0) is 17.6 Å². The number of likely N-dealkylation sites (tertiary alicyclic amines) is 1. The summed E-state index contributed by atoms with van der Waals surface area (Å²) in [6.45, 7) is 2.42. The van der Waals surface area contributed by atoms with Crippen molar-refractivity contribution in [1.29, 1.82) is 0 Å². The van der Waals surface area contributed by atoms with Crippen LogP contribution >= 0.6 is 0 Å². The number of piperidine rings is 1. The Kier molecular flexibility index (Phi) is 4.86. The number of nitrogens with zero attached hydrogens (tertiary/aromatic N) is 2. The maximum Gasteiger partial charge on any atom is 0.253 e. The van der Waals surface area contributed by atoms with Crippen molar-refractivity contribution in [2.24, 2.45) is 11.8 Å². The maximum atomic E-state index is 13.0. The van der Waals surface area contributed by atoms with Gasteiger partial charge in [-0.05, 0) is 73.8 Å². The zero-order valence-electron chi connectivity index (χ0n) is 16.8. The molecule has 3 aliphatic rings. The van der Waals surface area contributed by atoms with Crippen LogP contribution < -0.4 is 4.90 Å². The van der Waals surface area contributed by atoms with Crippen LogP contribution in [0.4, 0.5) is 5.69 Å². The van der Waals surface area contributed by atoms with Gasteiger partial charge in [-0.2, -0.15) is 0 Å². The quantitative estimate of drug-likeness (QED) is 0.792. The average molecular weight is 389 g/mol. The van der Waals surface area contributed by atoms with E-state index in [1.54, 1.807) is 0 Å². The molecule has 2 aromatic rings. The topological polar surface area (TPSA) is 40.6 Å². The molecule has 2 aromatic carbocycles. The van der Waals surface area contributed by atoms with Crippen molar-refractivity contribution in [1.82, 2.24) is 4.90 Å². The highest BCUT2D eigenvalue weighted by atomic mass is 16.2. The summed E-state index contributed by atoms with van der Waals surface area (Å²) in [5, 5.41) is 0. The van der Waals surface area contributed by atoms with Crippen molar-refractivity contribution in [3.05, 3.63) is 65.2 Å². The normalized spacial score (nSPS) is 19.3. The second-order valence-electron chi connectivity index (χ2n) is 8.78. The molecule has 1 saturated heterocycles. The molecule has 0 unspecified atom stereocenters. The second-order valence-corrected chi connectivity index (χ2v) is 8.78. The predicted molar refractivity (Wildman–Crippen MR) is 114 cm³/mol. The molecule has 0 spiro atoms. The van der Waals surface area contributed by atoms with Crippen LogP contribution in [0.15, 0.2) is 48.5 Å². The molecule has 5 rings (SSSR count). The Morgan fingerprint density at radius 3 is 2.38 bits per heavy atom. The van der Waals surface area contributed by atoms with Crippen LogP contribution in [0.25, 0.3) is 0 Å². The molecule has 29 heavy (non-hydrogen) atoms. The standard InChI is InChI=1S/C25H28N2O2/c28-24(26-13-10-19(11-14-26)16-18-4-2-1-3-5-18)22-8-9-23-21(17-22)12-15-27(23)25(29)20-6-7-20/h1-5,8-9,17,19-20H,6-7,10-16H2. The van der Waals surface area contributed by atoms with Crippen LogP contribution in [0, 0.1) is 11.8 Å². The highest BCUT2D eigenvalue weighted by Crippen LogP contribution is 2.37. The summed E-state index contributed by atoms with van der Waals surface area (Å²) in [5.74, 6) is 1.30. The van der Waals surface area contributed by atoms with Gasteiger partial charge in [-0.15, -0.1) is 0 Å². The van der Waals surface area contributed by atoms with E-state index >= 15 is 0 Å². The highest BCUT2D eigenvalue weighted by Gasteiger charge is 2.36. The summed E-state index contributed by atoms with van der Waals surface area (Å²) in [4.78, 5) is 29.4. The van der Waals surface area contributed by atoms with Gasteiger partial charge in [0, 0.05) is 36.8 Å². The number of carbonyl (C=O) groups is 2. The minimum absolute atomic E-state index is 0.137. The van der Waals surface area contributed by atoms with Crippen LogP contribution in [-0.4, -0.2) is 36.3 Å². The molecule has 4 heteroatoms. The SMILES string of the molecule is O=C(c1ccc2c(c1)CCN2C(=O)C1CC1)N1CCC(Cc2ccccc2)CC1. The lowest BCUT2D eigenvalue weighted by molar-refractivity contribution is -0.119. The molecule has 4 nitrogen and oxygen atoms in total. The van der Waals surface area contributed by atoms with Gasteiger partial charge in [0.2, 0.25) is 5.91 Å².